The minimum Gasteiger partial charge on any atom is -0.496 e. The molecule has 0 spiro atoms. The molecular weight excluding hydrogens is 413 g/mol. The normalized spacial score (nSPS) is 11.1. The van der Waals surface area contributed by atoms with Gasteiger partial charge in [0.25, 0.3) is 0 Å². The molecule has 158 valence electrons. The molecular formula is C20H14F5NO4. The third kappa shape index (κ3) is 4.68. The molecule has 0 bridgehead atoms. The molecule has 2 aromatic rings. The summed E-state index contributed by atoms with van der Waals surface area (Å²) >= 11 is 0. The SMILES string of the molecule is CCOC(=O)/C(C#N)=C\c1ccc(OC)c(COc2c(F)c(F)c(F)c(F)c2F)c1. The van der Waals surface area contributed by atoms with E-state index in [0.29, 0.717) is 5.56 Å². The lowest BCUT2D eigenvalue weighted by atomic mass is 10.1. The fraction of sp³-hybridized carbons (Fsp3) is 0.200. The number of carbonyl (C=O) groups excluding carboxylic acids is 1. The van der Waals surface area contributed by atoms with Crippen LogP contribution in [0.15, 0.2) is 23.8 Å². The molecule has 0 saturated heterocycles. The molecule has 0 saturated carbocycles. The number of esters is 1. The first kappa shape index (κ1) is 22.7. The quantitative estimate of drug-likeness (QED) is 0.163. The minimum absolute atomic E-state index is 0.0570. The Morgan fingerprint density at radius 1 is 1.07 bits per heavy atom. The molecule has 0 aromatic heterocycles. The van der Waals surface area contributed by atoms with Gasteiger partial charge in [-0.2, -0.15) is 14.0 Å². The van der Waals surface area contributed by atoms with Gasteiger partial charge in [0.05, 0.1) is 13.7 Å². The van der Waals surface area contributed by atoms with Crippen LogP contribution < -0.4 is 9.47 Å². The van der Waals surface area contributed by atoms with E-state index in [4.69, 9.17) is 19.5 Å². The fourth-order valence-electron chi connectivity index (χ4n) is 2.37. The topological polar surface area (TPSA) is 68.6 Å². The largest absolute Gasteiger partial charge is 0.496 e. The summed E-state index contributed by atoms with van der Waals surface area (Å²) in [5.74, 6) is -12.9. The minimum atomic E-state index is -2.30. The Kier molecular flexibility index (Phi) is 7.36. The highest BCUT2D eigenvalue weighted by atomic mass is 19.2. The maximum Gasteiger partial charge on any atom is 0.348 e. The summed E-state index contributed by atoms with van der Waals surface area (Å²) < 4.78 is 82.0. The number of benzene rings is 2. The molecule has 0 aliphatic rings. The highest BCUT2D eigenvalue weighted by Crippen LogP contribution is 2.31. The molecule has 0 aliphatic heterocycles. The van der Waals surface area contributed by atoms with Crippen LogP contribution in [0.4, 0.5) is 22.0 Å². The number of hydrogen-bond donors (Lipinski definition) is 0. The van der Waals surface area contributed by atoms with Crippen LogP contribution in [0.3, 0.4) is 0 Å². The molecule has 5 nitrogen and oxygen atoms in total. The standard InChI is InChI=1S/C20H14F5NO4/c1-3-29-20(27)11(8-26)6-10-4-5-13(28-2)12(7-10)9-30-19-17(24)15(22)14(21)16(23)18(19)25/h4-7H,3,9H2,1-2H3/b11-6-. The average molecular weight is 427 g/mol. The van der Waals surface area contributed by atoms with Gasteiger partial charge in [0.1, 0.15) is 24.0 Å². The maximum absolute atomic E-state index is 13.8. The summed E-state index contributed by atoms with van der Waals surface area (Å²) in [6.07, 6.45) is 1.19. The first-order valence-electron chi connectivity index (χ1n) is 8.35. The van der Waals surface area contributed by atoms with Gasteiger partial charge in [0.2, 0.25) is 29.1 Å². The van der Waals surface area contributed by atoms with E-state index < -0.39 is 47.4 Å². The van der Waals surface area contributed by atoms with Crippen molar-refractivity contribution in [1.82, 2.24) is 0 Å². The van der Waals surface area contributed by atoms with Crippen molar-refractivity contribution in [2.75, 3.05) is 13.7 Å². The van der Waals surface area contributed by atoms with Gasteiger partial charge < -0.3 is 14.2 Å². The molecule has 10 heteroatoms. The van der Waals surface area contributed by atoms with Crippen molar-refractivity contribution in [3.05, 3.63) is 64.0 Å². The Morgan fingerprint density at radius 3 is 2.20 bits per heavy atom. The molecule has 2 rings (SSSR count). The van der Waals surface area contributed by atoms with Crippen molar-refractivity contribution < 1.29 is 41.0 Å². The van der Waals surface area contributed by atoms with Crippen LogP contribution in [-0.4, -0.2) is 19.7 Å². The molecule has 0 radical (unpaired) electrons. The molecule has 0 heterocycles. The van der Waals surface area contributed by atoms with Gasteiger partial charge >= 0.3 is 5.97 Å². The number of nitrogens with zero attached hydrogens (tertiary/aromatic N) is 1. The summed E-state index contributed by atoms with van der Waals surface area (Å²) in [4.78, 5) is 11.7. The van der Waals surface area contributed by atoms with Crippen LogP contribution >= 0.6 is 0 Å². The Balaban J connectivity index is 2.39. The van der Waals surface area contributed by atoms with Crippen molar-refractivity contribution in [3.8, 4) is 17.6 Å². The summed E-state index contributed by atoms with van der Waals surface area (Å²) in [5, 5.41) is 9.09. The van der Waals surface area contributed by atoms with Crippen LogP contribution in [0.25, 0.3) is 6.08 Å². The monoisotopic (exact) mass is 427 g/mol. The van der Waals surface area contributed by atoms with Crippen molar-refractivity contribution >= 4 is 12.0 Å². The lowest BCUT2D eigenvalue weighted by Crippen LogP contribution is -2.08. The summed E-state index contributed by atoms with van der Waals surface area (Å²) in [5.41, 5.74) is 0.140. The predicted molar refractivity (Wildman–Crippen MR) is 93.8 cm³/mol. The van der Waals surface area contributed by atoms with E-state index in [9.17, 15) is 26.7 Å². The zero-order valence-corrected chi connectivity index (χ0v) is 15.7. The smallest absolute Gasteiger partial charge is 0.348 e. The summed E-state index contributed by atoms with van der Waals surface area (Å²) in [7, 11) is 1.28. The van der Waals surface area contributed by atoms with Gasteiger partial charge in [-0.3, -0.25) is 0 Å². The number of methoxy groups -OCH3 is 1. The van der Waals surface area contributed by atoms with E-state index in [1.165, 1.54) is 31.4 Å². The van der Waals surface area contributed by atoms with Crippen LogP contribution in [0.2, 0.25) is 0 Å². The van der Waals surface area contributed by atoms with Crippen LogP contribution in [-0.2, 0) is 16.1 Å². The van der Waals surface area contributed by atoms with Crippen LogP contribution in [0, 0.1) is 40.4 Å². The van der Waals surface area contributed by atoms with E-state index in [-0.39, 0.29) is 23.5 Å². The number of hydrogen-bond acceptors (Lipinski definition) is 5. The van der Waals surface area contributed by atoms with Gasteiger partial charge in [0, 0.05) is 5.56 Å². The first-order chi connectivity index (χ1) is 14.2. The highest BCUT2D eigenvalue weighted by molar-refractivity contribution is 5.97. The lowest BCUT2D eigenvalue weighted by Gasteiger charge is -2.13. The van der Waals surface area contributed by atoms with Gasteiger partial charge in [-0.25, -0.2) is 18.0 Å². The number of halogens is 5. The van der Waals surface area contributed by atoms with Gasteiger partial charge in [-0.1, -0.05) is 6.07 Å². The van der Waals surface area contributed by atoms with Crippen molar-refractivity contribution in [2.24, 2.45) is 0 Å². The zero-order chi connectivity index (χ0) is 22.4. The maximum atomic E-state index is 13.8. The van der Waals surface area contributed by atoms with E-state index in [2.05, 4.69) is 0 Å². The number of nitriles is 1. The Labute approximate surface area is 167 Å². The van der Waals surface area contributed by atoms with E-state index in [1.54, 1.807) is 13.0 Å². The van der Waals surface area contributed by atoms with E-state index in [1.807, 2.05) is 0 Å². The molecule has 0 atom stereocenters. The zero-order valence-electron chi connectivity index (χ0n) is 15.7. The molecule has 30 heavy (non-hydrogen) atoms. The lowest BCUT2D eigenvalue weighted by molar-refractivity contribution is -0.137. The third-order valence-electron chi connectivity index (χ3n) is 3.77. The number of rotatable bonds is 7. The number of ether oxygens (including phenoxy) is 3. The molecule has 0 unspecified atom stereocenters. The highest BCUT2D eigenvalue weighted by Gasteiger charge is 2.27. The Hall–Kier alpha value is -3.61. The van der Waals surface area contributed by atoms with E-state index in [0.717, 1.165) is 0 Å². The summed E-state index contributed by atoms with van der Waals surface area (Å²) in [6, 6.07) is 5.90. The second-order valence-electron chi connectivity index (χ2n) is 5.65. The summed E-state index contributed by atoms with van der Waals surface area (Å²) in [6.45, 7) is 0.987. The molecule has 2 aromatic carbocycles. The molecule has 0 N–H and O–H groups in total. The van der Waals surface area contributed by atoms with E-state index >= 15 is 0 Å². The van der Waals surface area contributed by atoms with Gasteiger partial charge in [-0.15, -0.1) is 0 Å². The van der Waals surface area contributed by atoms with Gasteiger partial charge in [-0.05, 0) is 30.7 Å². The Bertz CT molecular complexity index is 1020. The first-order valence-corrected chi connectivity index (χ1v) is 8.35. The van der Waals surface area contributed by atoms with Gasteiger partial charge in [0.15, 0.2) is 5.75 Å². The fourth-order valence-corrected chi connectivity index (χ4v) is 2.37. The second kappa shape index (κ2) is 9.73. The van der Waals surface area contributed by atoms with Crippen LogP contribution in [0.5, 0.6) is 11.5 Å². The van der Waals surface area contributed by atoms with Crippen LogP contribution in [0.1, 0.15) is 18.1 Å². The predicted octanol–water partition coefficient (Wildman–Crippen LogP) is 4.44. The van der Waals surface area contributed by atoms with Crippen molar-refractivity contribution in [2.45, 2.75) is 13.5 Å². The number of carbonyl (C=O) groups is 1. The molecule has 0 fully saturated rings. The Morgan fingerprint density at radius 2 is 1.67 bits per heavy atom. The van der Waals surface area contributed by atoms with Crippen molar-refractivity contribution in [3.63, 3.8) is 0 Å². The second-order valence-corrected chi connectivity index (χ2v) is 5.65. The third-order valence-corrected chi connectivity index (χ3v) is 3.77. The molecule has 0 aliphatic carbocycles. The average Bonchev–Trinajstić information content (AvgIpc) is 2.74. The van der Waals surface area contributed by atoms with Crippen molar-refractivity contribution in [1.29, 1.82) is 5.26 Å². The molecule has 0 amide bonds.